The first-order valence-corrected chi connectivity index (χ1v) is 5.86. The summed E-state index contributed by atoms with van der Waals surface area (Å²) in [5, 5.41) is 11.1. The van der Waals surface area contributed by atoms with Gasteiger partial charge in [-0.05, 0) is 24.6 Å². The van der Waals surface area contributed by atoms with E-state index in [2.05, 4.69) is 10.3 Å². The molecule has 1 rings (SSSR count). The Bertz CT molecular complexity index is 454. The van der Waals surface area contributed by atoms with Crippen LogP contribution in [0.2, 0.25) is 0 Å². The van der Waals surface area contributed by atoms with E-state index >= 15 is 0 Å². The second kappa shape index (κ2) is 7.99. The zero-order valence-electron chi connectivity index (χ0n) is 10.6. The summed E-state index contributed by atoms with van der Waals surface area (Å²) in [7, 11) is 0. The molecule has 19 heavy (non-hydrogen) atoms. The van der Waals surface area contributed by atoms with Crippen molar-refractivity contribution in [3.05, 3.63) is 35.7 Å². The third-order valence-corrected chi connectivity index (χ3v) is 2.17. The van der Waals surface area contributed by atoms with Crippen LogP contribution in [0.3, 0.4) is 0 Å². The standard InChI is InChI=1S/C13H16N2O4/c1-2-19-8-7-14-13(18)11-5-3-10(9-15-11)4-6-12(16)17/h3-6,9H,2,7-8H2,1H3,(H,14,18)(H,16,17). The number of ether oxygens (including phenoxy) is 1. The molecule has 1 amide bonds. The second-order valence-corrected chi connectivity index (χ2v) is 3.60. The number of carboxylic acid groups (broad SMARTS) is 1. The highest BCUT2D eigenvalue weighted by Gasteiger charge is 2.05. The third-order valence-electron chi connectivity index (χ3n) is 2.17. The number of hydrogen-bond donors (Lipinski definition) is 2. The molecule has 0 atom stereocenters. The van der Waals surface area contributed by atoms with E-state index in [4.69, 9.17) is 9.84 Å². The van der Waals surface area contributed by atoms with Gasteiger partial charge < -0.3 is 15.2 Å². The van der Waals surface area contributed by atoms with Crippen LogP contribution in [-0.2, 0) is 9.53 Å². The van der Waals surface area contributed by atoms with E-state index < -0.39 is 5.97 Å². The smallest absolute Gasteiger partial charge is 0.328 e. The van der Waals surface area contributed by atoms with Crippen molar-refractivity contribution in [3.63, 3.8) is 0 Å². The number of carbonyl (C=O) groups is 2. The highest BCUT2D eigenvalue weighted by molar-refractivity contribution is 5.92. The van der Waals surface area contributed by atoms with Gasteiger partial charge in [0.1, 0.15) is 5.69 Å². The van der Waals surface area contributed by atoms with Crippen LogP contribution in [0, 0.1) is 0 Å². The molecule has 0 radical (unpaired) electrons. The van der Waals surface area contributed by atoms with Gasteiger partial charge in [0.2, 0.25) is 0 Å². The molecule has 102 valence electrons. The van der Waals surface area contributed by atoms with Gasteiger partial charge in [0, 0.05) is 25.4 Å². The molecule has 0 unspecified atom stereocenters. The summed E-state index contributed by atoms with van der Waals surface area (Å²) in [6, 6.07) is 3.17. The predicted molar refractivity (Wildman–Crippen MR) is 69.7 cm³/mol. The van der Waals surface area contributed by atoms with Gasteiger partial charge in [-0.25, -0.2) is 4.79 Å². The van der Waals surface area contributed by atoms with Gasteiger partial charge in [-0.1, -0.05) is 6.07 Å². The lowest BCUT2D eigenvalue weighted by molar-refractivity contribution is -0.131. The molecule has 0 aliphatic carbocycles. The molecule has 0 spiro atoms. The third kappa shape index (κ3) is 5.78. The van der Waals surface area contributed by atoms with Crippen LogP contribution in [-0.4, -0.2) is 41.7 Å². The number of hydrogen-bond acceptors (Lipinski definition) is 4. The monoisotopic (exact) mass is 264 g/mol. The molecule has 1 aromatic rings. The van der Waals surface area contributed by atoms with Crippen LogP contribution < -0.4 is 5.32 Å². The van der Waals surface area contributed by atoms with Crippen LogP contribution in [0.25, 0.3) is 6.08 Å². The van der Waals surface area contributed by atoms with Gasteiger partial charge in [0.25, 0.3) is 5.91 Å². The van der Waals surface area contributed by atoms with Crippen LogP contribution >= 0.6 is 0 Å². The molecule has 0 aliphatic heterocycles. The Labute approximate surface area is 111 Å². The number of carboxylic acids is 1. The topological polar surface area (TPSA) is 88.5 Å². The van der Waals surface area contributed by atoms with Crippen molar-refractivity contribution in [1.82, 2.24) is 10.3 Å². The minimum Gasteiger partial charge on any atom is -0.478 e. The number of aliphatic carboxylic acids is 1. The first kappa shape index (κ1) is 14.8. The highest BCUT2D eigenvalue weighted by Crippen LogP contribution is 2.02. The number of amides is 1. The lowest BCUT2D eigenvalue weighted by Gasteiger charge is -2.04. The van der Waals surface area contributed by atoms with Gasteiger partial charge in [-0.15, -0.1) is 0 Å². The van der Waals surface area contributed by atoms with Crippen molar-refractivity contribution in [2.45, 2.75) is 6.92 Å². The number of nitrogens with zero attached hydrogens (tertiary/aromatic N) is 1. The van der Waals surface area contributed by atoms with Crippen LogP contribution in [0.5, 0.6) is 0 Å². The molecule has 0 fully saturated rings. The fourth-order valence-corrected chi connectivity index (χ4v) is 1.28. The summed E-state index contributed by atoms with van der Waals surface area (Å²) in [6.45, 7) is 3.38. The Morgan fingerprint density at radius 2 is 2.26 bits per heavy atom. The Kier molecular flexibility index (Phi) is 6.25. The van der Waals surface area contributed by atoms with Crippen molar-refractivity contribution in [2.75, 3.05) is 19.8 Å². The molecule has 0 aromatic carbocycles. The Balaban J connectivity index is 2.51. The molecular formula is C13H16N2O4. The summed E-state index contributed by atoms with van der Waals surface area (Å²) in [6.07, 6.45) is 3.86. The van der Waals surface area contributed by atoms with Crippen molar-refractivity contribution in [3.8, 4) is 0 Å². The molecule has 1 heterocycles. The zero-order chi connectivity index (χ0) is 14.1. The second-order valence-electron chi connectivity index (χ2n) is 3.60. The fourth-order valence-electron chi connectivity index (χ4n) is 1.28. The molecule has 0 bridgehead atoms. The fraction of sp³-hybridized carbons (Fsp3) is 0.308. The minimum absolute atomic E-state index is 0.281. The average molecular weight is 264 g/mol. The summed E-state index contributed by atoms with van der Waals surface area (Å²) in [4.78, 5) is 25.9. The SMILES string of the molecule is CCOCCNC(=O)c1ccc(C=CC(=O)O)cn1. The van der Waals surface area contributed by atoms with Crippen LogP contribution in [0.4, 0.5) is 0 Å². The van der Waals surface area contributed by atoms with Gasteiger partial charge in [-0.3, -0.25) is 9.78 Å². The first-order chi connectivity index (χ1) is 9.13. The van der Waals surface area contributed by atoms with Gasteiger partial charge in [-0.2, -0.15) is 0 Å². The zero-order valence-corrected chi connectivity index (χ0v) is 10.6. The van der Waals surface area contributed by atoms with E-state index in [1.807, 2.05) is 6.92 Å². The minimum atomic E-state index is -1.03. The van der Waals surface area contributed by atoms with E-state index in [0.29, 0.717) is 25.3 Å². The maximum absolute atomic E-state index is 11.6. The van der Waals surface area contributed by atoms with Crippen LogP contribution in [0.15, 0.2) is 24.4 Å². The maximum atomic E-state index is 11.6. The molecular weight excluding hydrogens is 248 g/mol. The largest absolute Gasteiger partial charge is 0.478 e. The van der Waals surface area contributed by atoms with Gasteiger partial charge in [0.15, 0.2) is 0 Å². The van der Waals surface area contributed by atoms with E-state index in [-0.39, 0.29) is 11.6 Å². The summed E-state index contributed by atoms with van der Waals surface area (Å²) in [5.41, 5.74) is 0.900. The van der Waals surface area contributed by atoms with Crippen molar-refractivity contribution >= 4 is 18.0 Å². The molecule has 0 aliphatic rings. The molecule has 0 saturated carbocycles. The van der Waals surface area contributed by atoms with E-state index in [0.717, 1.165) is 6.08 Å². The normalized spacial score (nSPS) is 10.6. The number of rotatable bonds is 7. The average Bonchev–Trinajstić information content (AvgIpc) is 2.41. The lowest BCUT2D eigenvalue weighted by atomic mass is 10.2. The van der Waals surface area contributed by atoms with Crippen molar-refractivity contribution in [1.29, 1.82) is 0 Å². The number of carbonyl (C=O) groups excluding carboxylic acids is 1. The van der Waals surface area contributed by atoms with E-state index in [1.165, 1.54) is 18.3 Å². The maximum Gasteiger partial charge on any atom is 0.328 e. The van der Waals surface area contributed by atoms with E-state index in [1.54, 1.807) is 6.07 Å². The Hall–Kier alpha value is -2.21. The molecule has 2 N–H and O–H groups in total. The summed E-state index contributed by atoms with van der Waals surface area (Å²) < 4.78 is 5.09. The molecule has 6 heteroatoms. The van der Waals surface area contributed by atoms with E-state index in [9.17, 15) is 9.59 Å². The summed E-state index contributed by atoms with van der Waals surface area (Å²) in [5.74, 6) is -1.31. The quantitative estimate of drug-likeness (QED) is 0.565. The Morgan fingerprint density at radius 1 is 1.47 bits per heavy atom. The van der Waals surface area contributed by atoms with Crippen molar-refractivity contribution in [2.24, 2.45) is 0 Å². The lowest BCUT2D eigenvalue weighted by Crippen LogP contribution is -2.27. The molecule has 6 nitrogen and oxygen atoms in total. The van der Waals surface area contributed by atoms with Gasteiger partial charge in [0.05, 0.1) is 6.61 Å². The number of nitrogens with one attached hydrogen (secondary N) is 1. The first-order valence-electron chi connectivity index (χ1n) is 5.86. The number of pyridine rings is 1. The van der Waals surface area contributed by atoms with Crippen LogP contribution in [0.1, 0.15) is 23.0 Å². The highest BCUT2D eigenvalue weighted by atomic mass is 16.5. The van der Waals surface area contributed by atoms with Gasteiger partial charge >= 0.3 is 5.97 Å². The number of aromatic nitrogens is 1. The predicted octanol–water partition coefficient (Wildman–Crippen LogP) is 0.946. The van der Waals surface area contributed by atoms with Crippen molar-refractivity contribution < 1.29 is 19.4 Å². The molecule has 0 saturated heterocycles. The Morgan fingerprint density at radius 3 is 2.84 bits per heavy atom. The summed E-state index contributed by atoms with van der Waals surface area (Å²) >= 11 is 0. The molecule has 1 aromatic heterocycles.